The molecule has 0 atom stereocenters. The summed E-state index contributed by atoms with van der Waals surface area (Å²) < 4.78 is 11.2. The SMILES string of the molecule is Cc1ccc(-c2nnc(CCC(=O)Oc3ccc(C(C)(C)C)cc3C)o2)cc1. The minimum atomic E-state index is -0.318. The van der Waals surface area contributed by atoms with Crippen molar-refractivity contribution in [1.29, 1.82) is 0 Å². The normalized spacial score (nSPS) is 11.5. The van der Waals surface area contributed by atoms with Crippen LogP contribution in [-0.2, 0) is 16.6 Å². The molecule has 0 fully saturated rings. The molecule has 0 radical (unpaired) electrons. The van der Waals surface area contributed by atoms with Crippen molar-refractivity contribution in [2.45, 2.75) is 52.9 Å². The summed E-state index contributed by atoms with van der Waals surface area (Å²) in [7, 11) is 0. The Labute approximate surface area is 165 Å². The summed E-state index contributed by atoms with van der Waals surface area (Å²) in [6, 6.07) is 13.8. The van der Waals surface area contributed by atoms with Crippen molar-refractivity contribution in [1.82, 2.24) is 10.2 Å². The van der Waals surface area contributed by atoms with Crippen LogP contribution in [0, 0.1) is 13.8 Å². The van der Waals surface area contributed by atoms with Crippen molar-refractivity contribution in [3.63, 3.8) is 0 Å². The number of aryl methyl sites for hydroxylation is 3. The average molecular weight is 378 g/mol. The third-order valence-electron chi connectivity index (χ3n) is 4.57. The van der Waals surface area contributed by atoms with Crippen molar-refractivity contribution in [3.8, 4) is 17.2 Å². The largest absolute Gasteiger partial charge is 0.426 e. The number of ether oxygens (including phenoxy) is 1. The van der Waals surface area contributed by atoms with Crippen LogP contribution in [0.3, 0.4) is 0 Å². The second kappa shape index (κ2) is 7.97. The Bertz CT molecular complexity index is 966. The molecule has 0 aliphatic heterocycles. The summed E-state index contributed by atoms with van der Waals surface area (Å²) in [6.07, 6.45) is 0.521. The predicted octanol–water partition coefficient (Wildman–Crippen LogP) is 5.19. The molecule has 0 saturated carbocycles. The molecule has 28 heavy (non-hydrogen) atoms. The first-order valence-electron chi connectivity index (χ1n) is 9.43. The fourth-order valence-electron chi connectivity index (χ4n) is 2.78. The van der Waals surface area contributed by atoms with E-state index in [9.17, 15) is 4.79 Å². The summed E-state index contributed by atoms with van der Waals surface area (Å²) in [5.41, 5.74) is 4.23. The Morgan fingerprint density at radius 2 is 1.75 bits per heavy atom. The monoisotopic (exact) mass is 378 g/mol. The summed E-state index contributed by atoms with van der Waals surface area (Å²) in [6.45, 7) is 10.4. The molecule has 3 rings (SSSR count). The van der Waals surface area contributed by atoms with Crippen LogP contribution in [0.2, 0.25) is 0 Å². The van der Waals surface area contributed by atoms with Crippen LogP contribution < -0.4 is 4.74 Å². The number of aromatic nitrogens is 2. The lowest BCUT2D eigenvalue weighted by Crippen LogP contribution is -2.13. The van der Waals surface area contributed by atoms with Crippen LogP contribution >= 0.6 is 0 Å². The van der Waals surface area contributed by atoms with Gasteiger partial charge in [-0.25, -0.2) is 0 Å². The maximum atomic E-state index is 12.2. The Hall–Kier alpha value is -2.95. The molecule has 5 nitrogen and oxygen atoms in total. The first-order valence-corrected chi connectivity index (χ1v) is 9.43. The van der Waals surface area contributed by atoms with Gasteiger partial charge >= 0.3 is 5.97 Å². The molecule has 3 aromatic rings. The fraction of sp³-hybridized carbons (Fsp3) is 0.348. The van der Waals surface area contributed by atoms with Gasteiger partial charge in [0.15, 0.2) is 0 Å². The van der Waals surface area contributed by atoms with Crippen LogP contribution in [0.5, 0.6) is 5.75 Å². The molecule has 0 aliphatic carbocycles. The highest BCUT2D eigenvalue weighted by atomic mass is 16.5. The van der Waals surface area contributed by atoms with E-state index in [1.54, 1.807) is 0 Å². The number of carbonyl (C=O) groups is 1. The molecular weight excluding hydrogens is 352 g/mol. The fourth-order valence-corrected chi connectivity index (χ4v) is 2.78. The van der Waals surface area contributed by atoms with E-state index in [2.05, 4.69) is 37.0 Å². The van der Waals surface area contributed by atoms with Crippen LogP contribution in [0.4, 0.5) is 0 Å². The Morgan fingerprint density at radius 1 is 1.04 bits per heavy atom. The van der Waals surface area contributed by atoms with Gasteiger partial charge in [-0.15, -0.1) is 10.2 Å². The number of carbonyl (C=O) groups excluding carboxylic acids is 1. The highest BCUT2D eigenvalue weighted by molar-refractivity contribution is 5.73. The van der Waals surface area contributed by atoms with Crippen molar-refractivity contribution in [2.24, 2.45) is 0 Å². The van der Waals surface area contributed by atoms with Gasteiger partial charge in [0.1, 0.15) is 5.75 Å². The standard InChI is InChI=1S/C23H26N2O3/c1-15-6-8-17(9-7-15)22-25-24-20(28-22)12-13-21(26)27-19-11-10-18(14-16(19)2)23(3,4)5/h6-11,14H,12-13H2,1-5H3. The number of hydrogen-bond donors (Lipinski definition) is 0. The van der Waals surface area contributed by atoms with Gasteiger partial charge < -0.3 is 9.15 Å². The van der Waals surface area contributed by atoms with E-state index in [-0.39, 0.29) is 17.8 Å². The summed E-state index contributed by atoms with van der Waals surface area (Å²) in [4.78, 5) is 12.2. The van der Waals surface area contributed by atoms with Gasteiger partial charge in [0.25, 0.3) is 0 Å². The Morgan fingerprint density at radius 3 is 2.39 bits per heavy atom. The van der Waals surface area contributed by atoms with E-state index in [0.29, 0.717) is 24.0 Å². The first kappa shape index (κ1) is 19.8. The minimum absolute atomic E-state index is 0.0560. The lowest BCUT2D eigenvalue weighted by molar-refractivity contribution is -0.134. The molecule has 0 bridgehead atoms. The van der Waals surface area contributed by atoms with Gasteiger partial charge in [0, 0.05) is 12.0 Å². The van der Waals surface area contributed by atoms with E-state index < -0.39 is 0 Å². The second-order valence-electron chi connectivity index (χ2n) is 8.07. The van der Waals surface area contributed by atoms with Crippen LogP contribution in [0.15, 0.2) is 46.9 Å². The summed E-state index contributed by atoms with van der Waals surface area (Å²) in [5, 5.41) is 8.08. The van der Waals surface area contributed by atoms with Crippen LogP contribution in [0.1, 0.15) is 49.8 Å². The quantitative estimate of drug-likeness (QED) is 0.451. The maximum Gasteiger partial charge on any atom is 0.311 e. The topological polar surface area (TPSA) is 65.2 Å². The molecule has 0 saturated heterocycles. The van der Waals surface area contributed by atoms with Crippen molar-refractivity contribution in [2.75, 3.05) is 0 Å². The zero-order valence-corrected chi connectivity index (χ0v) is 17.1. The number of esters is 1. The van der Waals surface area contributed by atoms with E-state index in [4.69, 9.17) is 9.15 Å². The van der Waals surface area contributed by atoms with E-state index in [0.717, 1.165) is 16.7 Å². The third-order valence-corrected chi connectivity index (χ3v) is 4.57. The average Bonchev–Trinajstić information content (AvgIpc) is 3.10. The third kappa shape index (κ3) is 4.85. The van der Waals surface area contributed by atoms with Gasteiger partial charge in [-0.1, -0.05) is 50.6 Å². The highest BCUT2D eigenvalue weighted by Crippen LogP contribution is 2.28. The molecule has 0 amide bonds. The van der Waals surface area contributed by atoms with E-state index in [1.165, 1.54) is 5.56 Å². The minimum Gasteiger partial charge on any atom is -0.426 e. The molecule has 1 heterocycles. The van der Waals surface area contributed by atoms with Gasteiger partial charge in [0.05, 0.1) is 6.42 Å². The molecule has 0 unspecified atom stereocenters. The van der Waals surface area contributed by atoms with Crippen LogP contribution in [0.25, 0.3) is 11.5 Å². The Kier molecular flexibility index (Phi) is 5.63. The molecule has 146 valence electrons. The molecule has 0 spiro atoms. The number of hydrogen-bond acceptors (Lipinski definition) is 5. The highest BCUT2D eigenvalue weighted by Gasteiger charge is 2.16. The molecule has 1 aromatic heterocycles. The molecule has 0 N–H and O–H groups in total. The number of benzene rings is 2. The summed E-state index contributed by atoms with van der Waals surface area (Å²) in [5.74, 6) is 1.15. The lowest BCUT2D eigenvalue weighted by atomic mass is 9.86. The van der Waals surface area contributed by atoms with Crippen LogP contribution in [-0.4, -0.2) is 16.2 Å². The Balaban J connectivity index is 1.58. The second-order valence-corrected chi connectivity index (χ2v) is 8.07. The smallest absolute Gasteiger partial charge is 0.311 e. The molecule has 5 heteroatoms. The first-order chi connectivity index (χ1) is 13.2. The van der Waals surface area contributed by atoms with Gasteiger partial charge in [0.2, 0.25) is 11.8 Å². The maximum absolute atomic E-state index is 12.2. The number of nitrogens with zero attached hydrogens (tertiary/aromatic N) is 2. The van der Waals surface area contributed by atoms with Gasteiger partial charge in [-0.3, -0.25) is 4.79 Å². The summed E-state index contributed by atoms with van der Waals surface area (Å²) >= 11 is 0. The number of rotatable bonds is 5. The lowest BCUT2D eigenvalue weighted by Gasteiger charge is -2.20. The van der Waals surface area contributed by atoms with Crippen molar-refractivity contribution >= 4 is 5.97 Å². The zero-order valence-electron chi connectivity index (χ0n) is 17.1. The van der Waals surface area contributed by atoms with E-state index >= 15 is 0 Å². The zero-order chi connectivity index (χ0) is 20.3. The van der Waals surface area contributed by atoms with Crippen molar-refractivity contribution < 1.29 is 13.9 Å². The molecule has 0 aliphatic rings. The van der Waals surface area contributed by atoms with Crippen molar-refractivity contribution in [3.05, 3.63) is 65.0 Å². The van der Waals surface area contributed by atoms with E-state index in [1.807, 2.05) is 50.2 Å². The van der Waals surface area contributed by atoms with Gasteiger partial charge in [-0.05, 0) is 48.6 Å². The molecule has 2 aromatic carbocycles. The predicted molar refractivity (Wildman–Crippen MR) is 108 cm³/mol. The molecular formula is C23H26N2O3. The van der Waals surface area contributed by atoms with Gasteiger partial charge in [-0.2, -0.15) is 0 Å².